The van der Waals surface area contributed by atoms with E-state index in [4.69, 9.17) is 9.84 Å². The normalized spacial score (nSPS) is 11.5. The summed E-state index contributed by atoms with van der Waals surface area (Å²) in [4.78, 5) is 0. The van der Waals surface area contributed by atoms with Gasteiger partial charge in [-0.3, -0.25) is 0 Å². The maximum atomic E-state index is 12.8. The number of aliphatic hydroxyl groups is 1. The Morgan fingerprint density at radius 1 is 0.952 bits per heavy atom. The highest BCUT2D eigenvalue weighted by atomic mass is 19.4. The number of ether oxygens (including phenoxy) is 1. The molecule has 2 nitrogen and oxygen atoms in total. The van der Waals surface area contributed by atoms with Crippen molar-refractivity contribution < 1.29 is 27.4 Å². The molecule has 0 radical (unpaired) electrons. The van der Waals surface area contributed by atoms with Crippen LogP contribution in [0.25, 0.3) is 0 Å². The molecule has 2 aromatic carbocycles. The molecule has 0 heterocycles. The Kier molecular flexibility index (Phi) is 4.47. The lowest BCUT2D eigenvalue weighted by Crippen LogP contribution is -2.04. The van der Waals surface area contributed by atoms with Crippen LogP contribution in [0, 0.1) is 0 Å². The molecule has 0 fully saturated rings. The third-order valence-electron chi connectivity index (χ3n) is 2.89. The van der Waals surface area contributed by atoms with Crippen LogP contribution in [-0.2, 0) is 19.5 Å². The predicted molar refractivity (Wildman–Crippen MR) is 68.7 cm³/mol. The molecule has 6 heteroatoms. The van der Waals surface area contributed by atoms with Crippen LogP contribution in [0.1, 0.15) is 16.7 Å². The smallest absolute Gasteiger partial charge is 0.416 e. The van der Waals surface area contributed by atoms with E-state index in [1.165, 1.54) is 30.3 Å². The summed E-state index contributed by atoms with van der Waals surface area (Å²) in [6, 6.07) is 8.71. The number of rotatable bonds is 4. The second-order valence-electron chi connectivity index (χ2n) is 4.35. The molecule has 0 atom stereocenters. The summed E-state index contributed by atoms with van der Waals surface area (Å²) in [5.41, 5.74) is -0.173. The third kappa shape index (κ3) is 3.72. The van der Waals surface area contributed by atoms with Crippen molar-refractivity contribution in [1.82, 2.24) is 0 Å². The monoisotopic (exact) mass is 300 g/mol. The Balaban J connectivity index is 2.26. The molecule has 0 saturated heterocycles. The van der Waals surface area contributed by atoms with Gasteiger partial charge in [0.2, 0.25) is 0 Å². The van der Waals surface area contributed by atoms with Crippen LogP contribution in [0.2, 0.25) is 0 Å². The largest absolute Gasteiger partial charge is 0.457 e. The summed E-state index contributed by atoms with van der Waals surface area (Å²) in [6.45, 7) is -1.11. The lowest BCUT2D eigenvalue weighted by molar-refractivity contribution is -0.137. The van der Waals surface area contributed by atoms with Crippen LogP contribution in [0.15, 0.2) is 42.5 Å². The Labute approximate surface area is 118 Å². The van der Waals surface area contributed by atoms with E-state index in [-0.39, 0.29) is 23.7 Å². The standard InChI is InChI=1S/C15H12F4O2/c16-8-11-6-14(5-4-10(11)9-20)21-13-3-1-2-12(7-13)15(17,18)19/h1-7,20H,8-9H2. The van der Waals surface area contributed by atoms with Gasteiger partial charge in [0, 0.05) is 0 Å². The van der Waals surface area contributed by atoms with Crippen molar-refractivity contribution in [2.24, 2.45) is 0 Å². The van der Waals surface area contributed by atoms with Gasteiger partial charge < -0.3 is 9.84 Å². The lowest BCUT2D eigenvalue weighted by atomic mass is 10.1. The third-order valence-corrected chi connectivity index (χ3v) is 2.89. The first-order valence-corrected chi connectivity index (χ1v) is 6.08. The zero-order chi connectivity index (χ0) is 15.5. The highest BCUT2D eigenvalue weighted by Gasteiger charge is 2.30. The fourth-order valence-corrected chi connectivity index (χ4v) is 1.82. The first kappa shape index (κ1) is 15.3. The molecule has 0 bridgehead atoms. The van der Waals surface area contributed by atoms with E-state index in [0.29, 0.717) is 5.56 Å². The molecule has 0 spiro atoms. The maximum absolute atomic E-state index is 12.8. The molecule has 0 unspecified atom stereocenters. The minimum atomic E-state index is -4.45. The van der Waals surface area contributed by atoms with Crippen molar-refractivity contribution >= 4 is 0 Å². The van der Waals surface area contributed by atoms with E-state index in [2.05, 4.69) is 0 Å². The number of hydrogen-bond acceptors (Lipinski definition) is 2. The average molecular weight is 300 g/mol. The van der Waals surface area contributed by atoms with Crippen LogP contribution in [0.5, 0.6) is 11.5 Å². The van der Waals surface area contributed by atoms with Gasteiger partial charge in [0.15, 0.2) is 0 Å². The Morgan fingerprint density at radius 3 is 2.29 bits per heavy atom. The molecular formula is C15H12F4O2. The first-order chi connectivity index (χ1) is 9.94. The van der Waals surface area contributed by atoms with E-state index in [0.717, 1.165) is 12.1 Å². The summed E-state index contributed by atoms with van der Waals surface area (Å²) < 4.78 is 55.9. The minimum absolute atomic E-state index is 0.00591. The molecule has 0 amide bonds. The summed E-state index contributed by atoms with van der Waals surface area (Å²) in [5.74, 6) is 0.213. The van der Waals surface area contributed by atoms with E-state index >= 15 is 0 Å². The van der Waals surface area contributed by atoms with Gasteiger partial charge in [-0.1, -0.05) is 12.1 Å². The molecule has 0 saturated carbocycles. The van der Waals surface area contributed by atoms with E-state index in [1.807, 2.05) is 0 Å². The van der Waals surface area contributed by atoms with Crippen molar-refractivity contribution in [3.05, 3.63) is 59.2 Å². The summed E-state index contributed by atoms with van der Waals surface area (Å²) in [6.07, 6.45) is -4.45. The SMILES string of the molecule is OCc1ccc(Oc2cccc(C(F)(F)F)c2)cc1CF. The second kappa shape index (κ2) is 6.13. The van der Waals surface area contributed by atoms with Crippen LogP contribution < -0.4 is 4.74 Å². The summed E-state index contributed by atoms with van der Waals surface area (Å²) in [7, 11) is 0. The van der Waals surface area contributed by atoms with Crippen molar-refractivity contribution in [1.29, 1.82) is 0 Å². The Bertz CT molecular complexity index is 623. The van der Waals surface area contributed by atoms with Crippen LogP contribution >= 0.6 is 0 Å². The van der Waals surface area contributed by atoms with Gasteiger partial charge in [0.25, 0.3) is 0 Å². The fraction of sp³-hybridized carbons (Fsp3) is 0.200. The minimum Gasteiger partial charge on any atom is -0.457 e. The summed E-state index contributed by atoms with van der Waals surface area (Å²) >= 11 is 0. The Morgan fingerprint density at radius 2 is 1.67 bits per heavy atom. The van der Waals surface area contributed by atoms with Gasteiger partial charge in [-0.15, -0.1) is 0 Å². The molecule has 0 aliphatic heterocycles. The maximum Gasteiger partial charge on any atom is 0.416 e. The van der Waals surface area contributed by atoms with Gasteiger partial charge in [0.1, 0.15) is 18.2 Å². The number of benzene rings is 2. The van der Waals surface area contributed by atoms with Crippen molar-refractivity contribution in [2.45, 2.75) is 19.5 Å². The number of halogens is 4. The highest BCUT2D eigenvalue weighted by Crippen LogP contribution is 2.33. The molecule has 2 rings (SSSR count). The van der Waals surface area contributed by atoms with Crippen LogP contribution in [0.4, 0.5) is 17.6 Å². The van der Waals surface area contributed by atoms with Gasteiger partial charge in [-0.25, -0.2) is 4.39 Å². The van der Waals surface area contributed by atoms with Crippen LogP contribution in [-0.4, -0.2) is 5.11 Å². The van der Waals surface area contributed by atoms with E-state index in [9.17, 15) is 17.6 Å². The van der Waals surface area contributed by atoms with Gasteiger partial charge in [0.05, 0.1) is 12.2 Å². The average Bonchev–Trinajstić information content (AvgIpc) is 2.46. The topological polar surface area (TPSA) is 29.5 Å². The second-order valence-corrected chi connectivity index (χ2v) is 4.35. The quantitative estimate of drug-likeness (QED) is 0.845. The zero-order valence-electron chi connectivity index (χ0n) is 10.8. The molecule has 1 N–H and O–H groups in total. The highest BCUT2D eigenvalue weighted by molar-refractivity contribution is 5.39. The fourth-order valence-electron chi connectivity index (χ4n) is 1.82. The van der Waals surface area contributed by atoms with Crippen molar-refractivity contribution in [3.63, 3.8) is 0 Å². The summed E-state index contributed by atoms with van der Waals surface area (Å²) in [5, 5.41) is 9.02. The van der Waals surface area contributed by atoms with E-state index < -0.39 is 18.4 Å². The van der Waals surface area contributed by atoms with Crippen molar-refractivity contribution in [2.75, 3.05) is 0 Å². The number of hydrogen-bond donors (Lipinski definition) is 1. The van der Waals surface area contributed by atoms with Crippen LogP contribution in [0.3, 0.4) is 0 Å². The van der Waals surface area contributed by atoms with E-state index in [1.54, 1.807) is 0 Å². The molecule has 2 aromatic rings. The van der Waals surface area contributed by atoms with Crippen molar-refractivity contribution in [3.8, 4) is 11.5 Å². The van der Waals surface area contributed by atoms with Gasteiger partial charge >= 0.3 is 6.18 Å². The zero-order valence-corrected chi connectivity index (χ0v) is 10.8. The van der Waals surface area contributed by atoms with Gasteiger partial charge in [-0.05, 0) is 41.5 Å². The Hall–Kier alpha value is -2.08. The number of aliphatic hydroxyl groups excluding tert-OH is 1. The molecule has 0 aromatic heterocycles. The lowest BCUT2D eigenvalue weighted by Gasteiger charge is -2.11. The molecule has 0 aliphatic carbocycles. The predicted octanol–water partition coefficient (Wildman–Crippen LogP) is 4.46. The molecule has 0 aliphatic rings. The first-order valence-electron chi connectivity index (χ1n) is 6.08. The number of alkyl halides is 4. The van der Waals surface area contributed by atoms with Gasteiger partial charge in [-0.2, -0.15) is 13.2 Å². The molecule has 21 heavy (non-hydrogen) atoms. The molecule has 112 valence electrons. The molecular weight excluding hydrogens is 288 g/mol.